The fourth-order valence-corrected chi connectivity index (χ4v) is 10.2. The highest BCUT2D eigenvalue weighted by Crippen LogP contribution is 2.69. The number of para-hydroxylation sites is 1. The highest BCUT2D eigenvalue weighted by atomic mass is 32.4. The summed E-state index contributed by atoms with van der Waals surface area (Å²) < 4.78 is 26.0. The number of nitrogens with zero attached hydrogens (tertiary/aromatic N) is 4. The average Bonchev–Trinajstić information content (AvgIpc) is 3.37. The molecule has 4 atom stereocenters. The molecule has 0 amide bonds. The molecule has 2 aliphatic carbocycles. The molecule has 188 valence electrons. The second-order valence-electron chi connectivity index (χ2n) is 11.2. The van der Waals surface area contributed by atoms with Crippen molar-refractivity contribution in [2.75, 3.05) is 7.05 Å². The highest BCUT2D eigenvalue weighted by Gasteiger charge is 2.63. The Morgan fingerprint density at radius 1 is 1.08 bits per heavy atom. The topological polar surface area (TPSA) is 42.6 Å². The Bertz CT molecular complexity index is 1430. The van der Waals surface area contributed by atoms with Crippen molar-refractivity contribution in [2.45, 2.75) is 53.1 Å². The van der Waals surface area contributed by atoms with Crippen LogP contribution >= 0.6 is 6.42 Å². The third-order valence-electron chi connectivity index (χ3n) is 9.30. The molecule has 36 heavy (non-hydrogen) atoms. The monoisotopic (exact) mass is 522 g/mol. The molecule has 0 spiro atoms. The van der Waals surface area contributed by atoms with Crippen LogP contribution in [0.1, 0.15) is 51.3 Å². The van der Waals surface area contributed by atoms with Crippen molar-refractivity contribution in [3.8, 4) is 5.69 Å². The van der Waals surface area contributed by atoms with Crippen LogP contribution in [0.5, 0.6) is 0 Å². The van der Waals surface area contributed by atoms with E-state index in [1.807, 2.05) is 59.7 Å². The molecule has 1 aliphatic heterocycles. The van der Waals surface area contributed by atoms with Gasteiger partial charge >= 0.3 is 0 Å². The minimum atomic E-state index is -2.87. The van der Waals surface area contributed by atoms with Crippen LogP contribution in [0.2, 0.25) is 0 Å². The van der Waals surface area contributed by atoms with Crippen LogP contribution in [-0.4, -0.2) is 33.4 Å². The van der Waals surface area contributed by atoms with Gasteiger partial charge in [-0.3, -0.25) is 0 Å². The second-order valence-corrected chi connectivity index (χ2v) is 15.0. The summed E-state index contributed by atoms with van der Waals surface area (Å²) in [6.07, 6.45) is 0.545. The Hall–Kier alpha value is -2.34. The molecule has 1 aromatic heterocycles. The summed E-state index contributed by atoms with van der Waals surface area (Å²) in [5.74, 6) is 1.43. The van der Waals surface area contributed by atoms with Gasteiger partial charge in [-0.05, 0) is 79.0 Å². The van der Waals surface area contributed by atoms with Gasteiger partial charge in [0.05, 0.1) is 28.4 Å². The zero-order chi connectivity index (χ0) is 25.5. The molecule has 2 heterocycles. The SMILES string of the molecule is Cc1nn(-c2ccccc2)c2c1P(=S)(OC1CC3CCC1(C)C3(C)C)N(C)C(c1ccccc1F)=N2. The molecule has 5 nitrogen and oxygen atoms in total. The third-order valence-corrected chi connectivity index (χ3v) is 13.4. The number of rotatable bonds is 4. The lowest BCUT2D eigenvalue weighted by atomic mass is 9.70. The minimum Gasteiger partial charge on any atom is -0.326 e. The Labute approximate surface area is 217 Å². The summed E-state index contributed by atoms with van der Waals surface area (Å²) in [6, 6.07) is 16.6. The van der Waals surface area contributed by atoms with Crippen LogP contribution in [-0.2, 0) is 16.3 Å². The zero-order valence-corrected chi connectivity index (χ0v) is 23.1. The maximum atomic E-state index is 15.1. The van der Waals surface area contributed by atoms with Crippen molar-refractivity contribution in [3.63, 3.8) is 0 Å². The van der Waals surface area contributed by atoms with Crippen molar-refractivity contribution in [1.82, 2.24) is 14.5 Å². The first kappa shape index (κ1) is 24.0. The summed E-state index contributed by atoms with van der Waals surface area (Å²) in [5.41, 5.74) is 2.35. The fourth-order valence-electron chi connectivity index (χ4n) is 6.60. The summed E-state index contributed by atoms with van der Waals surface area (Å²) in [7, 11) is 1.91. The van der Waals surface area contributed by atoms with Crippen LogP contribution < -0.4 is 5.30 Å². The normalized spacial score (nSPS) is 30.4. The number of amidine groups is 1. The van der Waals surface area contributed by atoms with E-state index in [2.05, 4.69) is 20.8 Å². The lowest BCUT2D eigenvalue weighted by Crippen LogP contribution is -2.41. The molecular weight excluding hydrogens is 490 g/mol. The maximum absolute atomic E-state index is 15.1. The van der Waals surface area contributed by atoms with Crippen molar-refractivity contribution in [2.24, 2.45) is 21.7 Å². The van der Waals surface area contributed by atoms with E-state index in [9.17, 15) is 0 Å². The maximum Gasteiger partial charge on any atom is 0.192 e. The predicted molar refractivity (Wildman–Crippen MR) is 147 cm³/mol. The van der Waals surface area contributed by atoms with Gasteiger partial charge in [0.25, 0.3) is 0 Å². The number of benzene rings is 2. The van der Waals surface area contributed by atoms with Gasteiger partial charge in [-0.25, -0.2) is 14.1 Å². The van der Waals surface area contributed by atoms with E-state index in [1.165, 1.54) is 12.5 Å². The lowest BCUT2D eigenvalue weighted by molar-refractivity contribution is 0.0357. The number of aromatic nitrogens is 2. The minimum absolute atomic E-state index is 0.0341. The van der Waals surface area contributed by atoms with Crippen molar-refractivity contribution in [3.05, 3.63) is 71.7 Å². The van der Waals surface area contributed by atoms with E-state index in [0.29, 0.717) is 23.1 Å². The Balaban J connectivity index is 1.55. The zero-order valence-electron chi connectivity index (χ0n) is 21.4. The molecule has 2 saturated carbocycles. The van der Waals surface area contributed by atoms with Gasteiger partial charge in [0.15, 0.2) is 12.2 Å². The summed E-state index contributed by atoms with van der Waals surface area (Å²) in [5, 5.41) is 5.75. The standard InChI is InChI=1S/C28H32FN4OPS/c1-18-24-26(33(31-18)20-11-7-6-8-12-20)30-25(21-13-9-10-14-22(21)29)32(5)35(24,36)34-23-17-19-15-16-28(23,4)27(19,2)3/h6-14,19,23H,15-17H2,1-5H3. The van der Waals surface area contributed by atoms with Crippen molar-refractivity contribution in [1.29, 1.82) is 0 Å². The van der Waals surface area contributed by atoms with E-state index in [-0.39, 0.29) is 22.8 Å². The highest BCUT2D eigenvalue weighted by molar-refractivity contribution is 8.15. The Morgan fingerprint density at radius 2 is 1.78 bits per heavy atom. The molecule has 3 aliphatic rings. The number of fused-ring (bicyclic) bond motifs is 3. The van der Waals surface area contributed by atoms with Gasteiger partial charge in [-0.2, -0.15) is 5.10 Å². The molecule has 4 unspecified atom stereocenters. The third kappa shape index (κ3) is 3.19. The van der Waals surface area contributed by atoms with Gasteiger partial charge in [-0.15, -0.1) is 0 Å². The number of hydrogen-bond acceptors (Lipinski definition) is 4. The summed E-state index contributed by atoms with van der Waals surface area (Å²) in [6.45, 7) is 9.10. The van der Waals surface area contributed by atoms with Crippen LogP contribution in [0.4, 0.5) is 10.2 Å². The number of aryl methyl sites for hydroxylation is 1. The Morgan fingerprint density at radius 3 is 2.42 bits per heavy atom. The molecule has 8 heteroatoms. The molecule has 0 N–H and O–H groups in total. The van der Waals surface area contributed by atoms with Crippen LogP contribution in [0.25, 0.3) is 5.69 Å². The van der Waals surface area contributed by atoms with Crippen molar-refractivity contribution >= 4 is 35.2 Å². The van der Waals surface area contributed by atoms with Gasteiger partial charge in [0.2, 0.25) is 0 Å². The first-order valence-electron chi connectivity index (χ1n) is 12.6. The lowest BCUT2D eigenvalue weighted by Gasteiger charge is -2.44. The summed E-state index contributed by atoms with van der Waals surface area (Å²) in [4.78, 5) is 5.00. The fraction of sp³-hybridized carbons (Fsp3) is 0.429. The van der Waals surface area contributed by atoms with Crippen molar-refractivity contribution < 1.29 is 8.91 Å². The van der Waals surface area contributed by atoms with Gasteiger partial charge in [0.1, 0.15) is 11.7 Å². The number of halogens is 1. The van der Waals surface area contributed by atoms with E-state index < -0.39 is 6.42 Å². The first-order chi connectivity index (χ1) is 17.1. The smallest absolute Gasteiger partial charge is 0.192 e. The molecule has 2 bridgehead atoms. The number of hydrogen-bond donors (Lipinski definition) is 0. The van der Waals surface area contributed by atoms with Gasteiger partial charge in [-0.1, -0.05) is 51.1 Å². The molecular formula is C28H32FN4OPS. The summed E-state index contributed by atoms with van der Waals surface area (Å²) >= 11 is 6.54. The molecule has 3 aromatic rings. The first-order valence-corrected chi connectivity index (χ1v) is 15.3. The van der Waals surface area contributed by atoms with Gasteiger partial charge in [0, 0.05) is 7.05 Å². The quantitative estimate of drug-likeness (QED) is 0.367. The Kier molecular flexibility index (Phi) is 5.39. The molecule has 0 saturated heterocycles. The molecule has 2 fully saturated rings. The number of aliphatic imine (C=N–C) groups is 1. The predicted octanol–water partition coefficient (Wildman–Crippen LogP) is 6.51. The largest absolute Gasteiger partial charge is 0.326 e. The molecule has 2 aromatic carbocycles. The van der Waals surface area contributed by atoms with Crippen LogP contribution in [0, 0.1) is 29.5 Å². The van der Waals surface area contributed by atoms with Crippen LogP contribution in [0.15, 0.2) is 59.6 Å². The average molecular weight is 523 g/mol. The van der Waals surface area contributed by atoms with Gasteiger partial charge < -0.3 is 9.19 Å². The second kappa shape index (κ2) is 8.08. The van der Waals surface area contributed by atoms with E-state index in [1.54, 1.807) is 12.1 Å². The van der Waals surface area contributed by atoms with Crippen LogP contribution in [0.3, 0.4) is 0 Å². The van der Waals surface area contributed by atoms with E-state index >= 15 is 4.39 Å². The van der Waals surface area contributed by atoms with E-state index in [4.69, 9.17) is 26.4 Å². The van der Waals surface area contributed by atoms with E-state index in [0.717, 1.165) is 29.5 Å². The molecule has 6 rings (SSSR count). The molecule has 0 radical (unpaired) electrons.